The Balaban J connectivity index is 2.34. The summed E-state index contributed by atoms with van der Waals surface area (Å²) in [5, 5.41) is 2.70. The molecule has 17 heavy (non-hydrogen) atoms. The van der Waals surface area contributed by atoms with Gasteiger partial charge in [-0.15, -0.1) is 0 Å². The molecule has 92 valence electrons. The van der Waals surface area contributed by atoms with Gasteiger partial charge in [0.05, 0.1) is 0 Å². The number of carbonyl (C=O) groups is 1. The Labute approximate surface area is 109 Å². The Kier molecular flexibility index (Phi) is 3.82. The Morgan fingerprint density at radius 3 is 2.94 bits per heavy atom. The van der Waals surface area contributed by atoms with Crippen molar-refractivity contribution >= 4 is 27.5 Å². The van der Waals surface area contributed by atoms with Crippen molar-refractivity contribution in [3.63, 3.8) is 0 Å². The zero-order chi connectivity index (χ0) is 12.4. The SMILES string of the molecule is CCCC(Br)c1cc2c(cc1F)NC(=O)CC2. The van der Waals surface area contributed by atoms with Crippen LogP contribution in [-0.4, -0.2) is 5.91 Å². The van der Waals surface area contributed by atoms with Crippen molar-refractivity contribution in [3.05, 3.63) is 29.1 Å². The van der Waals surface area contributed by atoms with Crippen LogP contribution in [0.25, 0.3) is 0 Å². The normalized spacial score (nSPS) is 16.3. The van der Waals surface area contributed by atoms with Crippen molar-refractivity contribution in [1.82, 2.24) is 0 Å². The summed E-state index contributed by atoms with van der Waals surface area (Å²) >= 11 is 3.51. The number of rotatable bonds is 3. The third kappa shape index (κ3) is 2.68. The lowest BCUT2D eigenvalue weighted by Crippen LogP contribution is -2.19. The van der Waals surface area contributed by atoms with E-state index in [1.807, 2.05) is 6.07 Å². The maximum atomic E-state index is 13.9. The van der Waals surface area contributed by atoms with Crippen LogP contribution in [0.3, 0.4) is 0 Å². The van der Waals surface area contributed by atoms with Gasteiger partial charge in [-0.05, 0) is 30.5 Å². The average molecular weight is 300 g/mol. The van der Waals surface area contributed by atoms with Crippen LogP contribution in [0.15, 0.2) is 12.1 Å². The van der Waals surface area contributed by atoms with Crippen LogP contribution in [0, 0.1) is 5.82 Å². The van der Waals surface area contributed by atoms with Gasteiger partial charge in [0.1, 0.15) is 5.82 Å². The lowest BCUT2D eigenvalue weighted by Gasteiger charge is -2.19. The van der Waals surface area contributed by atoms with E-state index in [2.05, 4.69) is 28.2 Å². The first-order valence-corrected chi connectivity index (χ1v) is 6.79. The van der Waals surface area contributed by atoms with Crippen LogP contribution < -0.4 is 5.32 Å². The number of anilines is 1. The highest BCUT2D eigenvalue weighted by Crippen LogP contribution is 2.34. The molecule has 2 rings (SSSR count). The lowest BCUT2D eigenvalue weighted by molar-refractivity contribution is -0.116. The number of fused-ring (bicyclic) bond motifs is 1. The van der Waals surface area contributed by atoms with E-state index < -0.39 is 0 Å². The third-order valence-corrected chi connectivity index (χ3v) is 3.95. The van der Waals surface area contributed by atoms with Crippen molar-refractivity contribution in [2.24, 2.45) is 0 Å². The van der Waals surface area contributed by atoms with Gasteiger partial charge in [-0.25, -0.2) is 4.39 Å². The van der Waals surface area contributed by atoms with Crippen LogP contribution in [-0.2, 0) is 11.2 Å². The van der Waals surface area contributed by atoms with E-state index >= 15 is 0 Å². The summed E-state index contributed by atoms with van der Waals surface area (Å²) in [4.78, 5) is 11.3. The molecule has 4 heteroatoms. The Bertz CT molecular complexity index is 447. The van der Waals surface area contributed by atoms with E-state index in [1.54, 1.807) is 0 Å². The van der Waals surface area contributed by atoms with Gasteiger partial charge in [-0.2, -0.15) is 0 Å². The smallest absolute Gasteiger partial charge is 0.224 e. The summed E-state index contributed by atoms with van der Waals surface area (Å²) in [7, 11) is 0. The number of hydrogen-bond donors (Lipinski definition) is 1. The summed E-state index contributed by atoms with van der Waals surface area (Å²) < 4.78 is 13.9. The standard InChI is InChI=1S/C13H15BrFNO/c1-2-3-10(14)9-6-8-4-5-13(17)16-12(8)7-11(9)15/h6-7,10H,2-5H2,1H3,(H,16,17). The number of alkyl halides is 1. The van der Waals surface area contributed by atoms with Crippen molar-refractivity contribution in [2.45, 2.75) is 37.4 Å². The predicted molar refractivity (Wildman–Crippen MR) is 69.9 cm³/mol. The molecule has 1 heterocycles. The molecule has 0 saturated carbocycles. The molecule has 1 unspecified atom stereocenters. The minimum atomic E-state index is -0.249. The van der Waals surface area contributed by atoms with E-state index in [4.69, 9.17) is 0 Å². The van der Waals surface area contributed by atoms with Gasteiger partial charge in [0.2, 0.25) is 5.91 Å². The number of hydrogen-bond acceptors (Lipinski definition) is 1. The molecule has 0 spiro atoms. The first-order chi connectivity index (χ1) is 8.11. The van der Waals surface area contributed by atoms with Gasteiger partial charge in [0.25, 0.3) is 0 Å². The number of nitrogens with one attached hydrogen (secondary N) is 1. The maximum absolute atomic E-state index is 13.9. The average Bonchev–Trinajstić information content (AvgIpc) is 2.28. The second-order valence-corrected chi connectivity index (χ2v) is 5.44. The zero-order valence-electron chi connectivity index (χ0n) is 9.72. The minimum absolute atomic E-state index is 0.0337. The maximum Gasteiger partial charge on any atom is 0.224 e. The lowest BCUT2D eigenvalue weighted by atomic mass is 9.97. The van der Waals surface area contributed by atoms with Gasteiger partial charge in [0.15, 0.2) is 0 Å². The van der Waals surface area contributed by atoms with Gasteiger partial charge < -0.3 is 5.32 Å². The summed E-state index contributed by atoms with van der Waals surface area (Å²) in [5.41, 5.74) is 2.35. The van der Waals surface area contributed by atoms with Crippen molar-refractivity contribution in [1.29, 1.82) is 0 Å². The molecule has 1 aromatic rings. The highest BCUT2D eigenvalue weighted by atomic mass is 79.9. The minimum Gasteiger partial charge on any atom is -0.326 e. The van der Waals surface area contributed by atoms with Crippen LogP contribution >= 0.6 is 15.9 Å². The van der Waals surface area contributed by atoms with Gasteiger partial charge in [-0.1, -0.05) is 29.3 Å². The van der Waals surface area contributed by atoms with Crippen LogP contribution in [0.5, 0.6) is 0 Å². The number of halogens is 2. The Hall–Kier alpha value is -0.900. The Morgan fingerprint density at radius 1 is 1.47 bits per heavy atom. The molecular weight excluding hydrogens is 285 g/mol. The highest BCUT2D eigenvalue weighted by Gasteiger charge is 2.20. The molecular formula is C13H15BrFNO. The molecule has 0 saturated heterocycles. The summed E-state index contributed by atoms with van der Waals surface area (Å²) in [6.07, 6.45) is 3.09. The molecule has 1 aliphatic rings. The number of carbonyl (C=O) groups excluding carboxylic acids is 1. The van der Waals surface area contributed by atoms with E-state index in [-0.39, 0.29) is 16.6 Å². The second kappa shape index (κ2) is 5.17. The number of amides is 1. The first-order valence-electron chi connectivity index (χ1n) is 5.88. The van der Waals surface area contributed by atoms with Crippen molar-refractivity contribution in [2.75, 3.05) is 5.32 Å². The monoisotopic (exact) mass is 299 g/mol. The van der Waals surface area contributed by atoms with E-state index in [0.717, 1.165) is 18.4 Å². The number of benzene rings is 1. The van der Waals surface area contributed by atoms with Gasteiger partial charge in [0, 0.05) is 22.5 Å². The fourth-order valence-corrected chi connectivity index (χ4v) is 2.88. The van der Waals surface area contributed by atoms with E-state index in [1.165, 1.54) is 6.07 Å². The highest BCUT2D eigenvalue weighted by molar-refractivity contribution is 9.09. The largest absolute Gasteiger partial charge is 0.326 e. The molecule has 1 amide bonds. The van der Waals surface area contributed by atoms with Crippen LogP contribution in [0.4, 0.5) is 10.1 Å². The number of aryl methyl sites for hydroxylation is 1. The molecule has 1 aromatic carbocycles. The molecule has 0 bridgehead atoms. The summed E-state index contributed by atoms with van der Waals surface area (Å²) in [6, 6.07) is 3.31. The molecule has 0 aliphatic carbocycles. The topological polar surface area (TPSA) is 29.1 Å². The van der Waals surface area contributed by atoms with Crippen molar-refractivity contribution < 1.29 is 9.18 Å². The molecule has 2 nitrogen and oxygen atoms in total. The summed E-state index contributed by atoms with van der Waals surface area (Å²) in [5.74, 6) is -0.283. The quantitative estimate of drug-likeness (QED) is 0.842. The fourth-order valence-electron chi connectivity index (χ4n) is 2.07. The van der Waals surface area contributed by atoms with E-state index in [9.17, 15) is 9.18 Å². The first kappa shape index (κ1) is 12.6. The van der Waals surface area contributed by atoms with Gasteiger partial charge in [-0.3, -0.25) is 4.79 Å². The molecule has 1 aliphatic heterocycles. The molecule has 1 atom stereocenters. The molecule has 0 fully saturated rings. The molecule has 1 N–H and O–H groups in total. The fraction of sp³-hybridized carbons (Fsp3) is 0.462. The van der Waals surface area contributed by atoms with Crippen molar-refractivity contribution in [3.8, 4) is 0 Å². The Morgan fingerprint density at radius 2 is 2.24 bits per heavy atom. The zero-order valence-corrected chi connectivity index (χ0v) is 11.3. The summed E-state index contributed by atoms with van der Waals surface area (Å²) in [6.45, 7) is 2.07. The molecule has 0 radical (unpaired) electrons. The third-order valence-electron chi connectivity index (χ3n) is 3.00. The van der Waals surface area contributed by atoms with Crippen LogP contribution in [0.1, 0.15) is 42.1 Å². The second-order valence-electron chi connectivity index (χ2n) is 4.34. The predicted octanol–water partition coefficient (Wildman–Crippen LogP) is 3.95. The van der Waals surface area contributed by atoms with Gasteiger partial charge >= 0.3 is 0 Å². The molecule has 0 aromatic heterocycles. The van der Waals surface area contributed by atoms with Crippen LogP contribution in [0.2, 0.25) is 0 Å². The van der Waals surface area contributed by atoms with E-state index in [0.29, 0.717) is 24.1 Å².